The molecular weight excluding hydrogens is 351 g/mol. The minimum Gasteiger partial charge on any atom is -0.350 e. The van der Waals surface area contributed by atoms with Crippen molar-refractivity contribution in [3.8, 4) is 0 Å². The van der Waals surface area contributed by atoms with E-state index in [2.05, 4.69) is 17.1 Å². The number of nitrogens with zero attached hydrogens (tertiary/aromatic N) is 2. The molecule has 3 N–H and O–H groups in total. The molecule has 0 spiro atoms. The number of likely N-dealkylation sites (tertiary alicyclic amines) is 2. The SMILES string of the molecule is CCN1CCCC1CN1CC(C(=O)NC(C)(C)CN)CC1=O.Cl.Cl. The minimum absolute atomic E-state index is 0. The van der Waals surface area contributed by atoms with Gasteiger partial charge in [0.2, 0.25) is 11.8 Å². The van der Waals surface area contributed by atoms with Gasteiger partial charge in [0, 0.05) is 37.6 Å². The number of rotatable bonds is 6. The summed E-state index contributed by atoms with van der Waals surface area (Å²) in [6.07, 6.45) is 2.68. The molecule has 0 radical (unpaired) electrons. The van der Waals surface area contributed by atoms with Crippen molar-refractivity contribution in [3.05, 3.63) is 0 Å². The van der Waals surface area contributed by atoms with E-state index in [0.29, 0.717) is 25.6 Å². The molecule has 2 unspecified atom stereocenters. The third kappa shape index (κ3) is 5.76. The van der Waals surface area contributed by atoms with Crippen molar-refractivity contribution in [1.29, 1.82) is 0 Å². The molecule has 2 saturated heterocycles. The van der Waals surface area contributed by atoms with E-state index in [0.717, 1.165) is 26.1 Å². The molecule has 24 heavy (non-hydrogen) atoms. The number of amides is 2. The third-order valence-corrected chi connectivity index (χ3v) is 4.89. The predicted octanol–water partition coefficient (Wildman–Crippen LogP) is 1.02. The fourth-order valence-electron chi connectivity index (χ4n) is 3.38. The maximum Gasteiger partial charge on any atom is 0.225 e. The lowest BCUT2D eigenvalue weighted by Crippen LogP contribution is -2.51. The quantitative estimate of drug-likeness (QED) is 0.718. The van der Waals surface area contributed by atoms with Gasteiger partial charge in [-0.25, -0.2) is 0 Å². The van der Waals surface area contributed by atoms with Crippen molar-refractivity contribution in [1.82, 2.24) is 15.1 Å². The zero-order valence-corrected chi connectivity index (χ0v) is 16.5. The molecule has 0 saturated carbocycles. The summed E-state index contributed by atoms with van der Waals surface area (Å²) in [4.78, 5) is 28.8. The smallest absolute Gasteiger partial charge is 0.225 e. The maximum absolute atomic E-state index is 12.3. The topological polar surface area (TPSA) is 78.7 Å². The Hall–Kier alpha value is -0.560. The van der Waals surface area contributed by atoms with Crippen LogP contribution >= 0.6 is 24.8 Å². The van der Waals surface area contributed by atoms with Gasteiger partial charge in [0.05, 0.1) is 5.92 Å². The Morgan fingerprint density at radius 3 is 2.62 bits per heavy atom. The molecule has 2 fully saturated rings. The second-order valence-electron chi connectivity index (χ2n) is 7.20. The zero-order chi connectivity index (χ0) is 16.3. The van der Waals surface area contributed by atoms with E-state index in [9.17, 15) is 9.59 Å². The molecule has 0 aromatic heterocycles. The van der Waals surface area contributed by atoms with Crippen molar-refractivity contribution in [2.45, 2.75) is 51.6 Å². The maximum atomic E-state index is 12.3. The summed E-state index contributed by atoms with van der Waals surface area (Å²) in [5.41, 5.74) is 5.23. The number of hydrogen-bond acceptors (Lipinski definition) is 4. The number of halogens is 2. The zero-order valence-electron chi connectivity index (χ0n) is 14.9. The Morgan fingerprint density at radius 2 is 2.04 bits per heavy atom. The first-order valence-electron chi connectivity index (χ1n) is 8.40. The fraction of sp³-hybridized carbons (Fsp3) is 0.875. The molecule has 142 valence electrons. The van der Waals surface area contributed by atoms with Crippen molar-refractivity contribution in [3.63, 3.8) is 0 Å². The van der Waals surface area contributed by atoms with Gasteiger partial charge in [0.1, 0.15) is 0 Å². The lowest BCUT2D eigenvalue weighted by molar-refractivity contribution is -0.129. The van der Waals surface area contributed by atoms with Crippen LogP contribution in [0.25, 0.3) is 0 Å². The van der Waals surface area contributed by atoms with Gasteiger partial charge in [0.25, 0.3) is 0 Å². The Kier molecular flexibility index (Phi) is 9.57. The second-order valence-corrected chi connectivity index (χ2v) is 7.20. The van der Waals surface area contributed by atoms with Gasteiger partial charge in [-0.05, 0) is 39.8 Å². The van der Waals surface area contributed by atoms with Crippen LogP contribution in [0.4, 0.5) is 0 Å². The van der Waals surface area contributed by atoms with Crippen LogP contribution in [0.2, 0.25) is 0 Å². The second kappa shape index (κ2) is 9.80. The van der Waals surface area contributed by atoms with Crippen LogP contribution < -0.4 is 11.1 Å². The summed E-state index contributed by atoms with van der Waals surface area (Å²) in [6, 6.07) is 0.455. The first kappa shape index (κ1) is 23.4. The minimum atomic E-state index is -0.419. The molecule has 6 nitrogen and oxygen atoms in total. The number of carbonyl (C=O) groups excluding carboxylic acids is 2. The van der Waals surface area contributed by atoms with Crippen molar-refractivity contribution in [2.24, 2.45) is 11.7 Å². The molecule has 0 aliphatic carbocycles. The largest absolute Gasteiger partial charge is 0.350 e. The van der Waals surface area contributed by atoms with Crippen LogP contribution in [-0.4, -0.2) is 65.9 Å². The third-order valence-electron chi connectivity index (χ3n) is 4.89. The standard InChI is InChI=1S/C16H30N4O2.2ClH/c1-4-19-7-5-6-13(19)10-20-9-12(8-14(20)21)15(22)18-16(2,3)11-17;;/h12-13H,4-11,17H2,1-3H3,(H,18,22);2*1H. The molecular formula is C16H32Cl2N4O2. The highest BCUT2D eigenvalue weighted by atomic mass is 35.5. The molecule has 2 rings (SSSR count). The van der Waals surface area contributed by atoms with Gasteiger partial charge in [-0.2, -0.15) is 0 Å². The number of carbonyl (C=O) groups is 2. The normalized spacial score (nSPS) is 24.5. The molecule has 2 atom stereocenters. The molecule has 0 aromatic carbocycles. The van der Waals surface area contributed by atoms with Crippen LogP contribution in [-0.2, 0) is 9.59 Å². The van der Waals surface area contributed by atoms with Gasteiger partial charge in [-0.3, -0.25) is 14.5 Å². The first-order chi connectivity index (χ1) is 10.4. The van der Waals surface area contributed by atoms with Crippen molar-refractivity contribution >= 4 is 36.6 Å². The predicted molar refractivity (Wildman–Crippen MR) is 101 cm³/mol. The monoisotopic (exact) mass is 382 g/mol. The summed E-state index contributed by atoms with van der Waals surface area (Å²) in [7, 11) is 0. The van der Waals surface area contributed by atoms with E-state index >= 15 is 0 Å². The van der Waals surface area contributed by atoms with E-state index in [-0.39, 0.29) is 42.5 Å². The number of hydrogen-bond donors (Lipinski definition) is 2. The lowest BCUT2D eigenvalue weighted by Gasteiger charge is -2.28. The molecule has 2 aliphatic rings. The van der Waals surface area contributed by atoms with Crippen LogP contribution in [0.1, 0.15) is 40.0 Å². The van der Waals surface area contributed by atoms with Crippen LogP contribution in [0, 0.1) is 5.92 Å². The lowest BCUT2D eigenvalue weighted by atomic mass is 10.0. The number of nitrogens with one attached hydrogen (secondary N) is 1. The molecule has 0 aromatic rings. The molecule has 2 amide bonds. The molecule has 0 bridgehead atoms. The Labute approximate surface area is 157 Å². The highest BCUT2D eigenvalue weighted by Crippen LogP contribution is 2.23. The van der Waals surface area contributed by atoms with Gasteiger partial charge in [0.15, 0.2) is 0 Å². The summed E-state index contributed by atoms with van der Waals surface area (Å²) >= 11 is 0. The Balaban J connectivity index is 0.00000264. The van der Waals surface area contributed by atoms with E-state index in [1.54, 1.807) is 0 Å². The van der Waals surface area contributed by atoms with E-state index in [4.69, 9.17) is 5.73 Å². The first-order valence-corrected chi connectivity index (χ1v) is 8.40. The van der Waals surface area contributed by atoms with Gasteiger partial charge < -0.3 is 16.0 Å². The average Bonchev–Trinajstić information content (AvgIpc) is 3.06. The van der Waals surface area contributed by atoms with Gasteiger partial charge in [-0.15, -0.1) is 24.8 Å². The summed E-state index contributed by atoms with van der Waals surface area (Å²) in [5, 5.41) is 2.95. The molecule has 2 heterocycles. The molecule has 2 aliphatic heterocycles. The summed E-state index contributed by atoms with van der Waals surface area (Å²) in [6.45, 7) is 9.80. The highest BCUT2D eigenvalue weighted by Gasteiger charge is 2.37. The van der Waals surface area contributed by atoms with Crippen LogP contribution in [0.3, 0.4) is 0 Å². The van der Waals surface area contributed by atoms with Crippen LogP contribution in [0.15, 0.2) is 0 Å². The fourth-order valence-corrected chi connectivity index (χ4v) is 3.38. The highest BCUT2D eigenvalue weighted by molar-refractivity contribution is 5.89. The number of nitrogens with two attached hydrogens (primary N) is 1. The van der Waals surface area contributed by atoms with Crippen molar-refractivity contribution < 1.29 is 9.59 Å². The number of likely N-dealkylation sites (N-methyl/N-ethyl adjacent to an activating group) is 1. The Bertz CT molecular complexity index is 434. The van der Waals surface area contributed by atoms with Gasteiger partial charge in [-0.1, -0.05) is 6.92 Å². The Morgan fingerprint density at radius 1 is 1.38 bits per heavy atom. The summed E-state index contributed by atoms with van der Waals surface area (Å²) < 4.78 is 0. The molecule has 8 heteroatoms. The van der Waals surface area contributed by atoms with Crippen LogP contribution in [0.5, 0.6) is 0 Å². The van der Waals surface area contributed by atoms with E-state index in [1.165, 1.54) is 6.42 Å². The van der Waals surface area contributed by atoms with E-state index in [1.807, 2.05) is 18.7 Å². The average molecular weight is 383 g/mol. The van der Waals surface area contributed by atoms with Gasteiger partial charge >= 0.3 is 0 Å². The summed E-state index contributed by atoms with van der Waals surface area (Å²) in [5.74, 6) is -0.187. The van der Waals surface area contributed by atoms with Crippen molar-refractivity contribution in [2.75, 3.05) is 32.7 Å². The van der Waals surface area contributed by atoms with E-state index < -0.39 is 5.54 Å².